The highest BCUT2D eigenvalue weighted by Gasteiger charge is 2.06. The van der Waals surface area contributed by atoms with Crippen molar-refractivity contribution < 1.29 is 13.9 Å². The van der Waals surface area contributed by atoms with Crippen molar-refractivity contribution in [2.45, 2.75) is 0 Å². The van der Waals surface area contributed by atoms with Gasteiger partial charge in [-0.2, -0.15) is 0 Å². The summed E-state index contributed by atoms with van der Waals surface area (Å²) in [5.74, 6) is -0.911. The number of hydrogen-bond donors (Lipinski definition) is 0. The molecule has 0 aliphatic carbocycles. The van der Waals surface area contributed by atoms with Crippen LogP contribution in [0.2, 0.25) is 0 Å². The first-order valence-corrected chi connectivity index (χ1v) is 3.79. The van der Waals surface area contributed by atoms with Crippen LogP contribution >= 0.6 is 11.6 Å². The molecule has 0 aliphatic heterocycles. The number of rotatable bonds is 2. The average molecular weight is 201 g/mol. The first-order valence-electron chi connectivity index (χ1n) is 3.42. The summed E-state index contributed by atoms with van der Waals surface area (Å²) < 4.78 is 17.1. The van der Waals surface area contributed by atoms with Crippen LogP contribution in [0.25, 0.3) is 0 Å². The molecule has 0 heterocycles. The Morgan fingerprint density at radius 2 is 1.92 bits per heavy atom. The second kappa shape index (κ2) is 4.05. The number of esters is 1. The molecular formula is C9H6ClFO2. The lowest BCUT2D eigenvalue weighted by molar-refractivity contribution is -0.129. The molecule has 0 aromatic heterocycles. The SMILES string of the molecule is C=C(Cl)C(=O)Oc1ccc(F)cc1. The van der Waals surface area contributed by atoms with Gasteiger partial charge in [0.1, 0.15) is 16.6 Å². The first kappa shape index (κ1) is 9.74. The Hall–Kier alpha value is -1.35. The lowest BCUT2D eigenvalue weighted by Crippen LogP contribution is -2.06. The Balaban J connectivity index is 2.70. The molecule has 68 valence electrons. The van der Waals surface area contributed by atoms with E-state index in [2.05, 4.69) is 6.58 Å². The second-order valence-electron chi connectivity index (χ2n) is 2.25. The van der Waals surface area contributed by atoms with E-state index in [-0.39, 0.29) is 10.8 Å². The number of carbonyl (C=O) groups excluding carboxylic acids is 1. The maximum absolute atomic E-state index is 12.4. The zero-order valence-electron chi connectivity index (χ0n) is 6.59. The molecule has 13 heavy (non-hydrogen) atoms. The van der Waals surface area contributed by atoms with E-state index in [1.165, 1.54) is 24.3 Å². The molecule has 0 radical (unpaired) electrons. The maximum Gasteiger partial charge on any atom is 0.354 e. The number of ether oxygens (including phenoxy) is 1. The molecule has 0 N–H and O–H groups in total. The third-order valence-electron chi connectivity index (χ3n) is 1.25. The highest BCUT2D eigenvalue weighted by molar-refractivity contribution is 6.41. The van der Waals surface area contributed by atoms with Gasteiger partial charge in [-0.3, -0.25) is 0 Å². The maximum atomic E-state index is 12.4. The smallest absolute Gasteiger partial charge is 0.354 e. The summed E-state index contributed by atoms with van der Waals surface area (Å²) in [6.45, 7) is 3.19. The number of carbonyl (C=O) groups is 1. The summed E-state index contributed by atoms with van der Waals surface area (Å²) in [6.07, 6.45) is 0. The summed E-state index contributed by atoms with van der Waals surface area (Å²) in [5.41, 5.74) is 0. The molecule has 0 atom stereocenters. The van der Waals surface area contributed by atoms with Crippen LogP contribution in [-0.4, -0.2) is 5.97 Å². The van der Waals surface area contributed by atoms with Crippen molar-refractivity contribution in [2.75, 3.05) is 0 Å². The Kier molecular flexibility index (Phi) is 3.03. The number of halogens is 2. The van der Waals surface area contributed by atoms with E-state index in [9.17, 15) is 9.18 Å². The fraction of sp³-hybridized carbons (Fsp3) is 0. The van der Waals surface area contributed by atoms with E-state index in [4.69, 9.17) is 16.3 Å². The third kappa shape index (κ3) is 2.87. The summed E-state index contributed by atoms with van der Waals surface area (Å²) in [5, 5.41) is -0.218. The second-order valence-corrected chi connectivity index (χ2v) is 2.70. The lowest BCUT2D eigenvalue weighted by atomic mass is 10.3. The summed E-state index contributed by atoms with van der Waals surface area (Å²) in [6, 6.07) is 5.01. The molecule has 1 aromatic carbocycles. The zero-order chi connectivity index (χ0) is 9.84. The van der Waals surface area contributed by atoms with Crippen LogP contribution in [0.5, 0.6) is 5.75 Å². The standard InChI is InChI=1S/C9H6ClFO2/c1-6(10)9(12)13-8-4-2-7(11)3-5-8/h2-5H,1H2. The number of hydrogen-bond acceptors (Lipinski definition) is 2. The Morgan fingerprint density at radius 3 is 2.38 bits per heavy atom. The highest BCUT2D eigenvalue weighted by atomic mass is 35.5. The Bertz CT molecular complexity index is 332. The largest absolute Gasteiger partial charge is 0.422 e. The fourth-order valence-corrected chi connectivity index (χ4v) is 0.704. The van der Waals surface area contributed by atoms with Crippen LogP contribution in [0.1, 0.15) is 0 Å². The van der Waals surface area contributed by atoms with Crippen LogP contribution in [0.4, 0.5) is 4.39 Å². The van der Waals surface area contributed by atoms with Crippen molar-refractivity contribution in [3.05, 3.63) is 41.7 Å². The van der Waals surface area contributed by atoms with E-state index in [1.807, 2.05) is 0 Å². The molecule has 0 bridgehead atoms. The Morgan fingerprint density at radius 1 is 1.38 bits per heavy atom. The summed E-state index contributed by atoms with van der Waals surface area (Å²) >= 11 is 5.27. The molecule has 0 aliphatic rings. The van der Waals surface area contributed by atoms with Crippen molar-refractivity contribution >= 4 is 17.6 Å². The molecule has 0 unspecified atom stereocenters. The average Bonchev–Trinajstić information content (AvgIpc) is 2.08. The first-order chi connectivity index (χ1) is 6.09. The van der Waals surface area contributed by atoms with Crippen LogP contribution in [-0.2, 0) is 4.79 Å². The molecule has 0 amide bonds. The predicted molar refractivity (Wildman–Crippen MR) is 47.0 cm³/mol. The van der Waals surface area contributed by atoms with Crippen molar-refractivity contribution in [3.8, 4) is 5.75 Å². The van der Waals surface area contributed by atoms with Gasteiger partial charge in [-0.25, -0.2) is 9.18 Å². The van der Waals surface area contributed by atoms with E-state index >= 15 is 0 Å². The van der Waals surface area contributed by atoms with Crippen molar-refractivity contribution in [3.63, 3.8) is 0 Å². The van der Waals surface area contributed by atoms with E-state index < -0.39 is 11.8 Å². The lowest BCUT2D eigenvalue weighted by Gasteiger charge is -2.01. The van der Waals surface area contributed by atoms with Crippen molar-refractivity contribution in [2.24, 2.45) is 0 Å². The minimum atomic E-state index is -0.742. The summed E-state index contributed by atoms with van der Waals surface area (Å²) in [4.78, 5) is 10.8. The molecule has 0 saturated heterocycles. The van der Waals surface area contributed by atoms with Crippen molar-refractivity contribution in [1.29, 1.82) is 0 Å². The Labute approximate surface area is 79.6 Å². The van der Waals surface area contributed by atoms with Gasteiger partial charge in [-0.1, -0.05) is 18.2 Å². The van der Waals surface area contributed by atoms with Crippen LogP contribution in [0.15, 0.2) is 35.9 Å². The summed E-state index contributed by atoms with van der Waals surface area (Å²) in [7, 11) is 0. The normalized spacial score (nSPS) is 9.38. The van der Waals surface area contributed by atoms with E-state index in [1.54, 1.807) is 0 Å². The zero-order valence-corrected chi connectivity index (χ0v) is 7.34. The van der Waals surface area contributed by atoms with Gasteiger partial charge in [-0.15, -0.1) is 0 Å². The molecule has 1 rings (SSSR count). The fourth-order valence-electron chi connectivity index (χ4n) is 0.665. The van der Waals surface area contributed by atoms with Crippen LogP contribution in [0, 0.1) is 5.82 Å². The van der Waals surface area contributed by atoms with Crippen LogP contribution < -0.4 is 4.74 Å². The van der Waals surface area contributed by atoms with Gasteiger partial charge in [0.25, 0.3) is 0 Å². The predicted octanol–water partition coefficient (Wildman–Crippen LogP) is 2.48. The molecule has 0 fully saturated rings. The van der Waals surface area contributed by atoms with E-state index in [0.29, 0.717) is 0 Å². The van der Waals surface area contributed by atoms with Gasteiger partial charge >= 0.3 is 5.97 Å². The molecule has 2 nitrogen and oxygen atoms in total. The quantitative estimate of drug-likeness (QED) is 0.417. The molecule has 0 saturated carbocycles. The minimum absolute atomic E-state index is 0.218. The molecule has 4 heteroatoms. The van der Waals surface area contributed by atoms with Gasteiger partial charge in [0, 0.05) is 0 Å². The van der Waals surface area contributed by atoms with Gasteiger partial charge in [0.05, 0.1) is 0 Å². The molecule has 1 aromatic rings. The topological polar surface area (TPSA) is 26.3 Å². The van der Waals surface area contributed by atoms with Gasteiger partial charge < -0.3 is 4.74 Å². The van der Waals surface area contributed by atoms with Gasteiger partial charge in [-0.05, 0) is 24.3 Å². The highest BCUT2D eigenvalue weighted by Crippen LogP contribution is 2.13. The van der Waals surface area contributed by atoms with Gasteiger partial charge in [0.15, 0.2) is 0 Å². The monoisotopic (exact) mass is 200 g/mol. The van der Waals surface area contributed by atoms with Crippen molar-refractivity contribution in [1.82, 2.24) is 0 Å². The van der Waals surface area contributed by atoms with Crippen LogP contribution in [0.3, 0.4) is 0 Å². The molecule has 0 spiro atoms. The minimum Gasteiger partial charge on any atom is -0.422 e. The van der Waals surface area contributed by atoms with Gasteiger partial charge in [0.2, 0.25) is 0 Å². The van der Waals surface area contributed by atoms with E-state index in [0.717, 1.165) is 0 Å². The number of benzene rings is 1. The third-order valence-corrected chi connectivity index (χ3v) is 1.40. The molecular weight excluding hydrogens is 195 g/mol.